The molecule has 6 nitrogen and oxygen atoms in total. The highest BCUT2D eigenvalue weighted by Crippen LogP contribution is 2.35. The number of rotatable bonds is 9. The van der Waals surface area contributed by atoms with E-state index in [0.29, 0.717) is 26.4 Å². The van der Waals surface area contributed by atoms with Gasteiger partial charge in [0.2, 0.25) is 5.91 Å². The second kappa shape index (κ2) is 14.0. The van der Waals surface area contributed by atoms with Crippen molar-refractivity contribution >= 4 is 74.5 Å². The zero-order chi connectivity index (χ0) is 31.1. The molecular weight excluding hydrogens is 653 g/mol. The summed E-state index contributed by atoms with van der Waals surface area (Å²) in [6.45, 7) is 5.47. The first-order valence-electron chi connectivity index (χ1n) is 13.1. The molecule has 43 heavy (non-hydrogen) atoms. The summed E-state index contributed by atoms with van der Waals surface area (Å²) in [7, 11) is 0. The fraction of sp³-hybridized carbons (Fsp3) is 0.121. The maximum Gasteiger partial charge on any atom is 0.272 e. The largest absolute Gasteiger partial charge is 0.325 e. The van der Waals surface area contributed by atoms with E-state index in [-0.39, 0.29) is 17.2 Å². The lowest BCUT2D eigenvalue weighted by atomic mass is 10.1. The van der Waals surface area contributed by atoms with Gasteiger partial charge < -0.3 is 16.0 Å². The first kappa shape index (κ1) is 32.0. The number of hydrogen-bond donors (Lipinski definition) is 3. The summed E-state index contributed by atoms with van der Waals surface area (Å²) >= 11 is 10.9. The average molecular weight is 681 g/mol. The predicted octanol–water partition coefficient (Wildman–Crippen LogP) is 8.47. The molecule has 0 bridgehead atoms. The van der Waals surface area contributed by atoms with Crippen LogP contribution in [0, 0.1) is 12.7 Å². The summed E-state index contributed by atoms with van der Waals surface area (Å²) in [4.78, 5) is 40.0. The Kier molecular flexibility index (Phi) is 10.4. The maximum atomic E-state index is 14.5. The van der Waals surface area contributed by atoms with Crippen molar-refractivity contribution in [2.24, 2.45) is 0 Å². The Hall–Kier alpha value is -3.92. The number of anilines is 2. The number of thioether (sulfide) groups is 1. The van der Waals surface area contributed by atoms with Crippen molar-refractivity contribution in [1.82, 2.24) is 5.32 Å². The van der Waals surface area contributed by atoms with Crippen molar-refractivity contribution in [2.45, 2.75) is 30.4 Å². The predicted molar refractivity (Wildman–Crippen MR) is 176 cm³/mol. The van der Waals surface area contributed by atoms with E-state index in [1.807, 2.05) is 20.8 Å². The van der Waals surface area contributed by atoms with Gasteiger partial charge in [-0.1, -0.05) is 51.8 Å². The van der Waals surface area contributed by atoms with E-state index in [2.05, 4.69) is 31.9 Å². The summed E-state index contributed by atoms with van der Waals surface area (Å²) in [6, 6.07) is 25.0. The summed E-state index contributed by atoms with van der Waals surface area (Å²) in [6.07, 6.45) is 1.28. The smallest absolute Gasteiger partial charge is 0.272 e. The highest BCUT2D eigenvalue weighted by Gasteiger charge is 2.29. The van der Waals surface area contributed by atoms with Gasteiger partial charge in [0.15, 0.2) is 0 Å². The summed E-state index contributed by atoms with van der Waals surface area (Å²) in [5.41, 5.74) is 2.20. The van der Waals surface area contributed by atoms with Gasteiger partial charge in [-0.3, -0.25) is 14.4 Å². The van der Waals surface area contributed by atoms with E-state index < -0.39 is 22.4 Å². The first-order chi connectivity index (χ1) is 20.4. The van der Waals surface area contributed by atoms with Crippen LogP contribution in [-0.2, 0) is 9.59 Å². The second-order valence-electron chi connectivity index (χ2n) is 10.0. The molecule has 4 rings (SSSR count). The molecule has 0 heterocycles. The van der Waals surface area contributed by atoms with Crippen molar-refractivity contribution < 1.29 is 18.8 Å². The van der Waals surface area contributed by atoms with Gasteiger partial charge in [0.05, 0.1) is 4.75 Å². The van der Waals surface area contributed by atoms with E-state index in [1.54, 1.807) is 72.8 Å². The molecule has 0 saturated heterocycles. The van der Waals surface area contributed by atoms with Crippen molar-refractivity contribution in [2.75, 3.05) is 10.6 Å². The third-order valence-corrected chi connectivity index (χ3v) is 8.44. The van der Waals surface area contributed by atoms with Gasteiger partial charge in [-0.05, 0) is 99.1 Å². The Balaban J connectivity index is 1.49. The van der Waals surface area contributed by atoms with Crippen LogP contribution >= 0.6 is 39.3 Å². The molecular formula is C33H28BrClFN3O3S. The monoisotopic (exact) mass is 679 g/mol. The van der Waals surface area contributed by atoms with E-state index in [4.69, 9.17) is 11.6 Å². The Morgan fingerprint density at radius 1 is 0.907 bits per heavy atom. The molecule has 220 valence electrons. The number of halogens is 3. The quantitative estimate of drug-likeness (QED) is 0.122. The molecule has 3 N–H and O–H groups in total. The van der Waals surface area contributed by atoms with E-state index in [0.717, 1.165) is 10.5 Å². The maximum absolute atomic E-state index is 14.5. The van der Waals surface area contributed by atoms with Gasteiger partial charge in [-0.15, -0.1) is 11.8 Å². The lowest BCUT2D eigenvalue weighted by Crippen LogP contribution is -2.34. The molecule has 0 fully saturated rings. The first-order valence-corrected chi connectivity index (χ1v) is 15.1. The number of carbonyl (C=O) groups is 3. The van der Waals surface area contributed by atoms with Crippen LogP contribution < -0.4 is 16.0 Å². The highest BCUT2D eigenvalue weighted by molar-refractivity contribution is 9.10. The molecule has 0 spiro atoms. The lowest BCUT2D eigenvalue weighted by Gasteiger charge is -2.24. The molecule has 0 radical (unpaired) electrons. The number of carbonyl (C=O) groups excluding carboxylic acids is 3. The van der Waals surface area contributed by atoms with Crippen molar-refractivity contribution in [3.8, 4) is 0 Å². The minimum Gasteiger partial charge on any atom is -0.325 e. The Bertz CT molecular complexity index is 1700. The normalized spacial score (nSPS) is 11.5. The van der Waals surface area contributed by atoms with Crippen molar-refractivity contribution in [1.29, 1.82) is 0 Å². The SMILES string of the molecule is Cc1c(Cl)cccc1NC(=O)C(C)(C)Sc1ccc(NC(=O)C(=Cc2cc(Br)ccc2F)NC(=O)c2ccccc2)cc1. The fourth-order valence-corrected chi connectivity index (χ4v) is 5.44. The summed E-state index contributed by atoms with van der Waals surface area (Å²) in [5, 5.41) is 8.87. The van der Waals surface area contributed by atoms with Gasteiger partial charge in [0, 0.05) is 36.9 Å². The second-order valence-corrected chi connectivity index (χ2v) is 13.0. The third-order valence-electron chi connectivity index (χ3n) is 6.33. The van der Waals surface area contributed by atoms with Gasteiger partial charge in [-0.2, -0.15) is 0 Å². The molecule has 4 aromatic carbocycles. The third kappa shape index (κ3) is 8.56. The number of nitrogens with one attached hydrogen (secondary N) is 3. The van der Waals surface area contributed by atoms with Crippen LogP contribution in [0.25, 0.3) is 6.08 Å². The molecule has 0 aromatic heterocycles. The average Bonchev–Trinajstić information content (AvgIpc) is 2.98. The summed E-state index contributed by atoms with van der Waals surface area (Å²) < 4.78 is 14.3. The fourth-order valence-electron chi connectivity index (χ4n) is 3.88. The minimum atomic E-state index is -0.828. The molecule has 10 heteroatoms. The molecule has 0 aliphatic rings. The molecule has 0 atom stereocenters. The lowest BCUT2D eigenvalue weighted by molar-refractivity contribution is -0.117. The van der Waals surface area contributed by atoms with E-state index in [9.17, 15) is 18.8 Å². The van der Waals surface area contributed by atoms with Crippen LogP contribution in [0.2, 0.25) is 5.02 Å². The molecule has 0 saturated carbocycles. The van der Waals surface area contributed by atoms with Crippen molar-refractivity contribution in [3.63, 3.8) is 0 Å². The Morgan fingerprint density at radius 3 is 2.30 bits per heavy atom. The van der Waals surface area contributed by atoms with Crippen LogP contribution in [0.5, 0.6) is 0 Å². The molecule has 0 aliphatic carbocycles. The number of hydrogen-bond acceptors (Lipinski definition) is 4. The molecule has 0 unspecified atom stereocenters. The molecule has 3 amide bonds. The molecule has 4 aromatic rings. The zero-order valence-electron chi connectivity index (χ0n) is 23.5. The van der Waals surface area contributed by atoms with Gasteiger partial charge in [0.25, 0.3) is 11.8 Å². The van der Waals surface area contributed by atoms with Crippen molar-refractivity contribution in [3.05, 3.63) is 129 Å². The van der Waals surface area contributed by atoms with Gasteiger partial charge in [0.1, 0.15) is 11.5 Å². The molecule has 0 aliphatic heterocycles. The Labute approximate surface area is 267 Å². The zero-order valence-corrected chi connectivity index (χ0v) is 26.7. The van der Waals surface area contributed by atoms with Crippen LogP contribution in [0.15, 0.2) is 106 Å². The van der Waals surface area contributed by atoms with E-state index >= 15 is 0 Å². The minimum absolute atomic E-state index is 0.119. The standard InChI is InChI=1S/C33H28BrClFN3O3S/c1-20-26(35)10-7-11-28(20)39-32(42)33(2,3)43-25-15-13-24(14-16-25)37-31(41)29(19-22-18-23(34)12-17-27(22)36)38-30(40)21-8-5-4-6-9-21/h4-19H,1-3H3,(H,37,41)(H,38,40)(H,39,42). The number of benzene rings is 4. The Morgan fingerprint density at radius 2 is 1.60 bits per heavy atom. The van der Waals surface area contributed by atoms with Gasteiger partial charge in [-0.25, -0.2) is 4.39 Å². The highest BCUT2D eigenvalue weighted by atomic mass is 79.9. The van der Waals surface area contributed by atoms with Crippen LogP contribution in [0.4, 0.5) is 15.8 Å². The van der Waals surface area contributed by atoms with Gasteiger partial charge >= 0.3 is 0 Å². The van der Waals surface area contributed by atoms with Crippen LogP contribution in [-0.4, -0.2) is 22.5 Å². The van der Waals surface area contributed by atoms with Crippen LogP contribution in [0.3, 0.4) is 0 Å². The van der Waals surface area contributed by atoms with E-state index in [1.165, 1.54) is 36.0 Å². The van der Waals surface area contributed by atoms with Crippen LogP contribution in [0.1, 0.15) is 35.3 Å². The summed E-state index contributed by atoms with van der Waals surface area (Å²) in [5.74, 6) is -1.90. The topological polar surface area (TPSA) is 87.3 Å². The number of amides is 3.